The van der Waals surface area contributed by atoms with Crippen molar-refractivity contribution in [1.29, 1.82) is 5.26 Å². The zero-order valence-electron chi connectivity index (χ0n) is 11.9. The number of nitrogens with zero attached hydrogens (tertiary/aromatic N) is 2. The molecule has 0 spiro atoms. The molecule has 0 saturated carbocycles. The third-order valence-electron chi connectivity index (χ3n) is 3.15. The molecule has 1 saturated heterocycles. The zero-order chi connectivity index (χ0) is 13.7. The number of rotatable bonds is 4. The highest BCUT2D eigenvalue weighted by atomic mass is 35.5. The van der Waals surface area contributed by atoms with Crippen LogP contribution in [0.25, 0.3) is 0 Å². The van der Waals surface area contributed by atoms with Gasteiger partial charge in [0.15, 0.2) is 0 Å². The van der Waals surface area contributed by atoms with E-state index in [0.29, 0.717) is 24.4 Å². The molecule has 20 heavy (non-hydrogen) atoms. The van der Waals surface area contributed by atoms with E-state index in [0.717, 1.165) is 25.4 Å². The Morgan fingerprint density at radius 3 is 2.40 bits per heavy atom. The van der Waals surface area contributed by atoms with Crippen LogP contribution in [0, 0.1) is 11.3 Å². The van der Waals surface area contributed by atoms with Crippen LogP contribution in [-0.4, -0.2) is 43.3 Å². The van der Waals surface area contributed by atoms with Crippen LogP contribution in [0.2, 0.25) is 0 Å². The van der Waals surface area contributed by atoms with Crippen LogP contribution in [0.5, 0.6) is 5.75 Å². The van der Waals surface area contributed by atoms with Gasteiger partial charge in [-0.15, -0.1) is 12.4 Å². The molecule has 0 bridgehead atoms. The molecule has 0 amide bonds. The fourth-order valence-corrected chi connectivity index (χ4v) is 2.39. The smallest absolute Gasteiger partial charge is 0.119 e. The number of benzene rings is 1. The van der Waals surface area contributed by atoms with Crippen molar-refractivity contribution in [2.75, 3.05) is 26.2 Å². The van der Waals surface area contributed by atoms with Crippen molar-refractivity contribution in [3.63, 3.8) is 0 Å². The van der Waals surface area contributed by atoms with Gasteiger partial charge in [0.25, 0.3) is 0 Å². The van der Waals surface area contributed by atoms with Gasteiger partial charge in [0.1, 0.15) is 12.4 Å². The Labute approximate surface area is 126 Å². The summed E-state index contributed by atoms with van der Waals surface area (Å²) < 4.78 is 11.4. The van der Waals surface area contributed by atoms with Gasteiger partial charge in [0, 0.05) is 19.6 Å². The van der Waals surface area contributed by atoms with E-state index in [2.05, 4.69) is 24.8 Å². The van der Waals surface area contributed by atoms with Crippen LogP contribution in [0.3, 0.4) is 0 Å². The monoisotopic (exact) mass is 296 g/mol. The number of ether oxygens (including phenoxy) is 2. The van der Waals surface area contributed by atoms with Crippen LogP contribution < -0.4 is 4.74 Å². The second kappa shape index (κ2) is 8.11. The molecule has 1 aliphatic rings. The minimum absolute atomic E-state index is 0. The molecule has 110 valence electrons. The first kappa shape index (κ1) is 16.8. The SMILES string of the molecule is CC1CN(CCOc2ccc(C#N)cc2)CC(C)O1.Cl. The summed E-state index contributed by atoms with van der Waals surface area (Å²) in [5.41, 5.74) is 0.656. The van der Waals surface area contributed by atoms with E-state index in [1.165, 1.54) is 0 Å². The average Bonchev–Trinajstić information content (AvgIpc) is 2.38. The molecule has 1 aliphatic heterocycles. The van der Waals surface area contributed by atoms with Crippen LogP contribution >= 0.6 is 12.4 Å². The highest BCUT2D eigenvalue weighted by molar-refractivity contribution is 5.85. The fraction of sp³-hybridized carbons (Fsp3) is 0.533. The summed E-state index contributed by atoms with van der Waals surface area (Å²) in [4.78, 5) is 2.36. The lowest BCUT2D eigenvalue weighted by molar-refractivity contribution is -0.0699. The molecule has 2 rings (SSSR count). The van der Waals surface area contributed by atoms with Gasteiger partial charge in [-0.25, -0.2) is 0 Å². The number of morpholine rings is 1. The minimum atomic E-state index is 0. The topological polar surface area (TPSA) is 45.5 Å². The number of nitriles is 1. The van der Waals surface area contributed by atoms with Crippen molar-refractivity contribution in [3.8, 4) is 11.8 Å². The zero-order valence-corrected chi connectivity index (χ0v) is 12.7. The Morgan fingerprint density at radius 1 is 1.25 bits per heavy atom. The van der Waals surface area contributed by atoms with Crippen molar-refractivity contribution < 1.29 is 9.47 Å². The van der Waals surface area contributed by atoms with E-state index in [4.69, 9.17) is 14.7 Å². The fourth-order valence-electron chi connectivity index (χ4n) is 2.39. The number of hydrogen-bond acceptors (Lipinski definition) is 4. The van der Waals surface area contributed by atoms with E-state index < -0.39 is 0 Å². The summed E-state index contributed by atoms with van der Waals surface area (Å²) >= 11 is 0. The second-order valence-corrected chi connectivity index (χ2v) is 5.00. The molecule has 1 fully saturated rings. The van der Waals surface area contributed by atoms with Crippen molar-refractivity contribution in [1.82, 2.24) is 4.90 Å². The minimum Gasteiger partial charge on any atom is -0.492 e. The first-order chi connectivity index (χ1) is 9.17. The standard InChI is InChI=1S/C15H20N2O2.ClH/c1-12-10-17(11-13(2)19-12)7-8-18-15-5-3-14(9-16)4-6-15;/h3-6,12-13H,7-8,10-11H2,1-2H3;1H. The Balaban J connectivity index is 0.00000200. The molecule has 5 heteroatoms. The lowest BCUT2D eigenvalue weighted by Gasteiger charge is -2.35. The second-order valence-electron chi connectivity index (χ2n) is 5.00. The van der Waals surface area contributed by atoms with Crippen LogP contribution in [0.1, 0.15) is 19.4 Å². The normalized spacial score (nSPS) is 22.6. The maximum atomic E-state index is 8.72. The van der Waals surface area contributed by atoms with Crippen LogP contribution in [-0.2, 0) is 4.74 Å². The summed E-state index contributed by atoms with van der Waals surface area (Å²) in [5.74, 6) is 0.813. The van der Waals surface area contributed by atoms with Crippen molar-refractivity contribution in [2.45, 2.75) is 26.1 Å². The van der Waals surface area contributed by atoms with E-state index >= 15 is 0 Å². The third kappa shape index (κ3) is 5.01. The molecule has 0 radical (unpaired) electrons. The van der Waals surface area contributed by atoms with E-state index in [-0.39, 0.29) is 12.4 Å². The molecule has 0 aliphatic carbocycles. The highest BCUT2D eigenvalue weighted by Crippen LogP contribution is 2.13. The van der Waals surface area contributed by atoms with E-state index in [1.807, 2.05) is 12.1 Å². The molecular weight excluding hydrogens is 276 g/mol. The maximum Gasteiger partial charge on any atom is 0.119 e. The average molecular weight is 297 g/mol. The maximum absolute atomic E-state index is 8.72. The summed E-state index contributed by atoms with van der Waals surface area (Å²) in [5, 5.41) is 8.72. The molecule has 2 atom stereocenters. The Morgan fingerprint density at radius 2 is 1.85 bits per heavy atom. The lowest BCUT2D eigenvalue weighted by atomic mass is 10.2. The van der Waals surface area contributed by atoms with E-state index in [1.54, 1.807) is 12.1 Å². The summed E-state index contributed by atoms with van der Waals surface area (Å²) in [6, 6.07) is 9.31. The van der Waals surface area contributed by atoms with Gasteiger partial charge in [0.05, 0.1) is 23.8 Å². The molecule has 4 nitrogen and oxygen atoms in total. The quantitative estimate of drug-likeness (QED) is 0.856. The summed E-state index contributed by atoms with van der Waals surface area (Å²) in [7, 11) is 0. The van der Waals surface area contributed by atoms with Gasteiger partial charge < -0.3 is 9.47 Å². The molecule has 1 heterocycles. The van der Waals surface area contributed by atoms with Crippen molar-refractivity contribution in [3.05, 3.63) is 29.8 Å². The lowest BCUT2D eigenvalue weighted by Crippen LogP contribution is -2.46. The molecule has 0 N–H and O–H groups in total. The third-order valence-corrected chi connectivity index (χ3v) is 3.15. The van der Waals surface area contributed by atoms with Crippen molar-refractivity contribution in [2.24, 2.45) is 0 Å². The largest absolute Gasteiger partial charge is 0.492 e. The first-order valence-electron chi connectivity index (χ1n) is 6.68. The van der Waals surface area contributed by atoms with Crippen LogP contribution in [0.15, 0.2) is 24.3 Å². The molecule has 1 aromatic carbocycles. The van der Waals surface area contributed by atoms with Gasteiger partial charge in [0.2, 0.25) is 0 Å². The molecular formula is C15H21ClN2O2. The van der Waals surface area contributed by atoms with Crippen LogP contribution in [0.4, 0.5) is 0 Å². The number of halogens is 1. The Bertz CT molecular complexity index is 434. The molecule has 1 aromatic rings. The predicted molar refractivity (Wildman–Crippen MR) is 80.3 cm³/mol. The van der Waals surface area contributed by atoms with Gasteiger partial charge in [-0.2, -0.15) is 5.26 Å². The highest BCUT2D eigenvalue weighted by Gasteiger charge is 2.21. The Kier molecular flexibility index (Phi) is 6.80. The predicted octanol–water partition coefficient (Wildman–Crippen LogP) is 2.47. The molecule has 2 unspecified atom stereocenters. The first-order valence-corrected chi connectivity index (χ1v) is 6.68. The van der Waals surface area contributed by atoms with Gasteiger partial charge in [-0.3, -0.25) is 4.90 Å². The van der Waals surface area contributed by atoms with Gasteiger partial charge in [-0.05, 0) is 38.1 Å². The summed E-state index contributed by atoms with van der Waals surface area (Å²) in [6.45, 7) is 7.68. The molecule has 0 aromatic heterocycles. The number of hydrogen-bond donors (Lipinski definition) is 0. The van der Waals surface area contributed by atoms with Crippen molar-refractivity contribution >= 4 is 12.4 Å². The van der Waals surface area contributed by atoms with Gasteiger partial charge >= 0.3 is 0 Å². The Hall–Kier alpha value is -1.28. The summed E-state index contributed by atoms with van der Waals surface area (Å²) in [6.07, 6.45) is 0.581. The van der Waals surface area contributed by atoms with E-state index in [9.17, 15) is 0 Å². The van der Waals surface area contributed by atoms with Gasteiger partial charge in [-0.1, -0.05) is 0 Å².